The Bertz CT molecular complexity index is 1050. The Labute approximate surface area is 195 Å². The quantitative estimate of drug-likeness (QED) is 0.167. The summed E-state index contributed by atoms with van der Waals surface area (Å²) in [5.74, 6) is -0.616. The van der Waals surface area contributed by atoms with Gasteiger partial charge in [-0.15, -0.1) is 0 Å². The number of anilines is 1. The molecule has 0 unspecified atom stereocenters. The molecule has 0 radical (unpaired) electrons. The van der Waals surface area contributed by atoms with Crippen LogP contribution in [-0.4, -0.2) is 50.2 Å². The monoisotopic (exact) mass is 614 g/mol. The Morgan fingerprint density at radius 2 is 2.10 bits per heavy atom. The van der Waals surface area contributed by atoms with E-state index in [1.807, 2.05) is 0 Å². The number of ether oxygens (including phenoxy) is 1. The second-order valence-corrected chi connectivity index (χ2v) is 11.2. The van der Waals surface area contributed by atoms with Crippen molar-refractivity contribution in [2.75, 3.05) is 24.5 Å². The molecule has 162 valence electrons. The summed E-state index contributed by atoms with van der Waals surface area (Å²) >= 11 is 8.06. The third kappa shape index (κ3) is 4.86. The number of piperazine rings is 1. The van der Waals surface area contributed by atoms with Crippen molar-refractivity contribution in [2.45, 2.75) is 30.4 Å². The van der Waals surface area contributed by atoms with E-state index in [0.717, 1.165) is 0 Å². The maximum absolute atomic E-state index is 14.6. The molecule has 1 amide bonds. The number of carbonyl (C=O) groups excluding carboxylic acids is 1. The van der Waals surface area contributed by atoms with Gasteiger partial charge in [0, 0.05) is 0 Å². The summed E-state index contributed by atoms with van der Waals surface area (Å²) < 4.78 is 35.9. The maximum atomic E-state index is 14.6. The molecule has 0 aliphatic carbocycles. The molecule has 3 rings (SSSR count). The van der Waals surface area contributed by atoms with Crippen LogP contribution in [0.5, 0.6) is 0 Å². The van der Waals surface area contributed by atoms with Gasteiger partial charge in [-0.25, -0.2) is 0 Å². The van der Waals surface area contributed by atoms with Gasteiger partial charge in [-0.2, -0.15) is 0 Å². The van der Waals surface area contributed by atoms with Crippen molar-refractivity contribution >= 4 is 50.3 Å². The second kappa shape index (κ2) is 8.92. The molecule has 2 aromatic rings. The van der Waals surface area contributed by atoms with Gasteiger partial charge < -0.3 is 0 Å². The normalized spacial score (nSPS) is 17.3. The van der Waals surface area contributed by atoms with Crippen LogP contribution in [0.2, 0.25) is 5.02 Å². The van der Waals surface area contributed by atoms with Crippen molar-refractivity contribution < 1.29 is 39.5 Å². The topological polar surface area (TPSA) is 82.3 Å². The number of amides is 1. The summed E-state index contributed by atoms with van der Waals surface area (Å²) in [4.78, 5) is 23.3. The van der Waals surface area contributed by atoms with Crippen molar-refractivity contribution in [3.05, 3.63) is 27.5 Å². The molecule has 12 heteroatoms. The summed E-state index contributed by atoms with van der Waals surface area (Å²) in [5, 5.41) is 9.62. The van der Waals surface area contributed by atoms with Crippen LogP contribution in [0, 0.1) is 21.2 Å². The van der Waals surface area contributed by atoms with Gasteiger partial charge in [0.25, 0.3) is 0 Å². The van der Waals surface area contributed by atoms with Crippen LogP contribution in [0.4, 0.5) is 19.4 Å². The zero-order valence-electron chi connectivity index (χ0n) is 16.2. The Balaban J connectivity index is 1.97. The van der Waals surface area contributed by atoms with Crippen LogP contribution in [0.1, 0.15) is 20.8 Å². The third-order valence-corrected chi connectivity index (χ3v) is 7.57. The number of carbonyl (C=O) groups is 1. The van der Waals surface area contributed by atoms with Gasteiger partial charge in [0.1, 0.15) is 0 Å². The van der Waals surface area contributed by atoms with Crippen molar-refractivity contribution in [1.82, 2.24) is 14.9 Å². The standard InChI is InChI=1S/C18H17BrClF2IN5O2/c1-18(2,3)30-17(29)28-5-4-27(7-11(28)23-8-24)15-9-6-10(20)12(19)13(21)14(9)25-16(22)26-15/h6,11H,4-5,7H2,1-3H3/q-1/t11-/m1/s1. The molecule has 0 bridgehead atoms. The van der Waals surface area contributed by atoms with Crippen LogP contribution in [-0.2, 0) is 4.74 Å². The average Bonchev–Trinajstić information content (AvgIpc) is 2.65. The van der Waals surface area contributed by atoms with Gasteiger partial charge in [0.2, 0.25) is 0 Å². The van der Waals surface area contributed by atoms with Crippen LogP contribution in [0.25, 0.3) is 10.9 Å². The first-order chi connectivity index (χ1) is 14.0. The van der Waals surface area contributed by atoms with Crippen LogP contribution in [0.3, 0.4) is 0 Å². The molecular formula is C18H17BrClF2IN5O2-. The van der Waals surface area contributed by atoms with Crippen LogP contribution >= 0.6 is 27.5 Å². The molecule has 2 heterocycles. The summed E-state index contributed by atoms with van der Waals surface area (Å²) in [6.45, 7) is 6.08. The fraction of sp³-hybridized carbons (Fsp3) is 0.444. The van der Waals surface area contributed by atoms with E-state index in [0.29, 0.717) is 6.54 Å². The SMILES string of the molecule is CC(C)(C)OC(=O)N1CCN(c2nc(F)nc3c(F)c(Br)c(Cl)cc23)C[C@@H]1[I-]C#N. The molecular weight excluding hydrogens is 598 g/mol. The number of fused-ring (bicyclic) bond motifs is 1. The Hall–Kier alpha value is -1.52. The van der Waals surface area contributed by atoms with Gasteiger partial charge in [-0.3, -0.25) is 0 Å². The fourth-order valence-corrected chi connectivity index (χ4v) is 5.31. The molecule has 1 aromatic carbocycles. The molecule has 30 heavy (non-hydrogen) atoms. The number of benzene rings is 1. The summed E-state index contributed by atoms with van der Waals surface area (Å²) in [6.07, 6.45) is -1.58. The molecule has 7 nitrogen and oxygen atoms in total. The Morgan fingerprint density at radius 1 is 1.40 bits per heavy atom. The molecule has 1 fully saturated rings. The van der Waals surface area contributed by atoms with E-state index in [2.05, 4.69) is 30.0 Å². The summed E-state index contributed by atoms with van der Waals surface area (Å²) in [7, 11) is 0. The first-order valence-corrected chi connectivity index (χ1v) is 12.3. The third-order valence-electron chi connectivity index (χ3n) is 4.20. The van der Waals surface area contributed by atoms with Crippen molar-refractivity contribution in [1.29, 1.82) is 5.26 Å². The molecule has 1 aliphatic rings. The van der Waals surface area contributed by atoms with Crippen molar-refractivity contribution in [3.63, 3.8) is 0 Å². The summed E-state index contributed by atoms with van der Waals surface area (Å²) in [6, 6.07) is 1.47. The van der Waals surface area contributed by atoms with E-state index in [4.69, 9.17) is 16.3 Å². The zero-order valence-corrected chi connectivity index (χ0v) is 20.7. The van der Waals surface area contributed by atoms with E-state index in [9.17, 15) is 18.8 Å². The number of alkyl halides is 1. The Kier molecular flexibility index (Phi) is 6.88. The minimum atomic E-state index is -1.08. The predicted octanol–water partition coefficient (Wildman–Crippen LogP) is 1.28. The van der Waals surface area contributed by atoms with E-state index in [1.54, 1.807) is 25.7 Å². The molecule has 0 N–H and O–H groups in total. The zero-order chi connectivity index (χ0) is 22.2. The number of rotatable bonds is 2. The summed E-state index contributed by atoms with van der Waals surface area (Å²) in [5.41, 5.74) is -0.868. The first kappa shape index (κ1) is 23.1. The molecule has 1 saturated heterocycles. The number of aromatic nitrogens is 2. The van der Waals surface area contributed by atoms with Gasteiger partial charge >= 0.3 is 196 Å². The minimum absolute atomic E-state index is 0.0105. The number of hydrogen-bond donors (Lipinski definition) is 0. The van der Waals surface area contributed by atoms with Crippen LogP contribution in [0.15, 0.2) is 10.5 Å². The first-order valence-electron chi connectivity index (χ1n) is 8.78. The fourth-order valence-electron chi connectivity index (χ4n) is 2.98. The second-order valence-electron chi connectivity index (χ2n) is 7.45. The van der Waals surface area contributed by atoms with Gasteiger partial charge in [0.15, 0.2) is 0 Å². The van der Waals surface area contributed by atoms with Crippen molar-refractivity contribution in [3.8, 4) is 4.08 Å². The van der Waals surface area contributed by atoms with E-state index in [-0.39, 0.29) is 39.3 Å². The van der Waals surface area contributed by atoms with Crippen LogP contribution < -0.4 is 26.1 Å². The molecule has 0 spiro atoms. The molecule has 1 aromatic heterocycles. The number of halogens is 5. The van der Waals surface area contributed by atoms with E-state index >= 15 is 0 Å². The number of hydrogen-bond acceptors (Lipinski definition) is 6. The van der Waals surface area contributed by atoms with E-state index in [1.165, 1.54) is 11.0 Å². The number of nitrogens with zero attached hydrogens (tertiary/aromatic N) is 5. The van der Waals surface area contributed by atoms with Gasteiger partial charge in [0.05, 0.1) is 0 Å². The molecule has 1 aliphatic heterocycles. The number of nitriles is 1. The van der Waals surface area contributed by atoms with E-state index < -0.39 is 48.8 Å². The van der Waals surface area contributed by atoms with Gasteiger partial charge in [-0.1, -0.05) is 0 Å². The van der Waals surface area contributed by atoms with Gasteiger partial charge in [-0.05, 0) is 0 Å². The van der Waals surface area contributed by atoms with Crippen molar-refractivity contribution in [2.24, 2.45) is 0 Å². The Morgan fingerprint density at radius 3 is 2.73 bits per heavy atom. The average molecular weight is 616 g/mol. The predicted molar refractivity (Wildman–Crippen MR) is 107 cm³/mol. The molecule has 1 atom stereocenters. The molecule has 0 saturated carbocycles.